The molecule has 1 atom stereocenters. The number of ether oxygens (including phenoxy) is 3. The van der Waals surface area contributed by atoms with Crippen molar-refractivity contribution in [3.8, 4) is 11.5 Å². The van der Waals surface area contributed by atoms with E-state index >= 15 is 0 Å². The highest BCUT2D eigenvalue weighted by molar-refractivity contribution is 6.03. The van der Waals surface area contributed by atoms with Crippen LogP contribution in [0.2, 0.25) is 0 Å². The van der Waals surface area contributed by atoms with Crippen molar-refractivity contribution in [3.63, 3.8) is 0 Å². The number of Topliss-reactive ketones (excluding diaryl/α,β-unsaturated/α-hetero) is 1. The van der Waals surface area contributed by atoms with E-state index in [4.69, 9.17) is 14.2 Å². The van der Waals surface area contributed by atoms with E-state index in [9.17, 15) is 14.7 Å². The van der Waals surface area contributed by atoms with Gasteiger partial charge in [0.05, 0.1) is 14.2 Å². The van der Waals surface area contributed by atoms with Crippen molar-refractivity contribution in [1.29, 1.82) is 0 Å². The molecule has 24 heavy (non-hydrogen) atoms. The summed E-state index contributed by atoms with van der Waals surface area (Å²) in [6.45, 7) is 1.97. The number of nitrogens with zero attached hydrogens (tertiary/aromatic N) is 1. The van der Waals surface area contributed by atoms with Crippen LogP contribution in [-0.2, 0) is 19.9 Å². The van der Waals surface area contributed by atoms with E-state index in [0.717, 1.165) is 0 Å². The molecule has 0 spiro atoms. The highest BCUT2D eigenvalue weighted by Crippen LogP contribution is 2.42. The summed E-state index contributed by atoms with van der Waals surface area (Å²) in [6.07, 6.45) is 1.04. The summed E-state index contributed by atoms with van der Waals surface area (Å²) in [5.74, 6) is -0.398. The van der Waals surface area contributed by atoms with Gasteiger partial charge in [-0.3, -0.25) is 14.5 Å². The van der Waals surface area contributed by atoms with Crippen molar-refractivity contribution in [3.05, 3.63) is 35.4 Å². The van der Waals surface area contributed by atoms with Gasteiger partial charge in [0.15, 0.2) is 5.60 Å². The van der Waals surface area contributed by atoms with E-state index in [0.29, 0.717) is 36.4 Å². The number of carbonyl (C=O) groups excluding carboxylic acids is 2. The Bertz CT molecular complexity index is 718. The van der Waals surface area contributed by atoms with Gasteiger partial charge in [-0.1, -0.05) is 0 Å². The van der Waals surface area contributed by atoms with Crippen molar-refractivity contribution in [2.75, 3.05) is 20.8 Å². The maximum absolute atomic E-state index is 12.6. The van der Waals surface area contributed by atoms with E-state index in [-0.39, 0.29) is 11.8 Å². The standard InChI is InChI=1S/C17H19NO6/c1-17(10-7-11(22-2)9-12(8-10)23-3)15(21)14(20)16(24-17)18-6-4-5-13(18)19/h7-9,20H,4-6H2,1-3H3. The van der Waals surface area contributed by atoms with Crippen molar-refractivity contribution < 1.29 is 28.9 Å². The van der Waals surface area contributed by atoms with Gasteiger partial charge >= 0.3 is 0 Å². The molecule has 3 rings (SSSR count). The van der Waals surface area contributed by atoms with Crippen LogP contribution in [0.4, 0.5) is 0 Å². The van der Waals surface area contributed by atoms with Crippen LogP contribution in [0, 0.1) is 0 Å². The van der Waals surface area contributed by atoms with Crippen molar-refractivity contribution in [2.24, 2.45) is 0 Å². The Hall–Kier alpha value is -2.70. The first kappa shape index (κ1) is 16.2. The van der Waals surface area contributed by atoms with E-state index in [2.05, 4.69) is 0 Å². The quantitative estimate of drug-likeness (QED) is 0.905. The largest absolute Gasteiger partial charge is 0.501 e. The molecule has 0 radical (unpaired) electrons. The third-order valence-corrected chi connectivity index (χ3v) is 4.37. The number of hydrogen-bond donors (Lipinski definition) is 1. The first-order chi connectivity index (χ1) is 11.4. The van der Waals surface area contributed by atoms with Crippen LogP contribution >= 0.6 is 0 Å². The molecule has 0 aliphatic carbocycles. The fourth-order valence-electron chi connectivity index (χ4n) is 2.93. The van der Waals surface area contributed by atoms with Crippen LogP contribution in [0.1, 0.15) is 25.3 Å². The predicted molar refractivity (Wildman–Crippen MR) is 83.6 cm³/mol. The number of hydrogen-bond acceptors (Lipinski definition) is 6. The van der Waals surface area contributed by atoms with Gasteiger partial charge in [0.1, 0.15) is 11.5 Å². The molecule has 128 valence electrons. The monoisotopic (exact) mass is 333 g/mol. The molecule has 1 unspecified atom stereocenters. The van der Waals surface area contributed by atoms with Crippen LogP contribution in [0.15, 0.2) is 29.8 Å². The number of likely N-dealkylation sites (tertiary alicyclic amines) is 1. The second kappa shape index (κ2) is 5.74. The molecule has 7 nitrogen and oxygen atoms in total. The molecule has 1 fully saturated rings. The number of aliphatic hydroxyl groups is 1. The molecule has 1 amide bonds. The lowest BCUT2D eigenvalue weighted by Crippen LogP contribution is -2.32. The minimum Gasteiger partial charge on any atom is -0.501 e. The fourth-order valence-corrected chi connectivity index (χ4v) is 2.93. The predicted octanol–water partition coefficient (Wildman–Crippen LogP) is 1.87. The maximum atomic E-state index is 12.6. The zero-order chi connectivity index (χ0) is 17.5. The summed E-state index contributed by atoms with van der Waals surface area (Å²) < 4.78 is 16.2. The molecule has 2 aliphatic rings. The fraction of sp³-hybridized carbons (Fsp3) is 0.412. The summed E-state index contributed by atoms with van der Waals surface area (Å²) in [5.41, 5.74) is -0.985. The molecule has 0 bridgehead atoms. The molecule has 0 aromatic heterocycles. The molecule has 1 aromatic rings. The van der Waals surface area contributed by atoms with Crippen molar-refractivity contribution >= 4 is 11.7 Å². The second-order valence-electron chi connectivity index (χ2n) is 5.87. The number of ketones is 1. The Labute approximate surface area is 139 Å². The molecule has 1 N–H and O–H groups in total. The number of rotatable bonds is 4. The third-order valence-electron chi connectivity index (χ3n) is 4.37. The molecule has 1 aromatic carbocycles. The molecule has 0 saturated carbocycles. The molecular formula is C17H19NO6. The number of aliphatic hydroxyl groups excluding tert-OH is 1. The Morgan fingerprint density at radius 2 is 1.79 bits per heavy atom. The Morgan fingerprint density at radius 3 is 2.29 bits per heavy atom. The van der Waals surface area contributed by atoms with Gasteiger partial charge in [0.2, 0.25) is 17.5 Å². The van der Waals surface area contributed by atoms with Gasteiger partial charge in [-0.15, -0.1) is 0 Å². The average molecular weight is 333 g/mol. The van der Waals surface area contributed by atoms with Crippen LogP contribution in [-0.4, -0.2) is 42.5 Å². The summed E-state index contributed by atoms with van der Waals surface area (Å²) in [6, 6.07) is 4.95. The normalized spacial score (nSPS) is 23.7. The van der Waals surface area contributed by atoms with E-state index in [1.807, 2.05) is 0 Å². The summed E-state index contributed by atoms with van der Waals surface area (Å²) in [5, 5.41) is 10.2. The molecule has 1 saturated heterocycles. The smallest absolute Gasteiger partial charge is 0.250 e. The lowest BCUT2D eigenvalue weighted by Gasteiger charge is -2.26. The van der Waals surface area contributed by atoms with Gasteiger partial charge in [0, 0.05) is 24.6 Å². The maximum Gasteiger partial charge on any atom is 0.250 e. The first-order valence-electron chi connectivity index (χ1n) is 7.61. The average Bonchev–Trinajstić information content (AvgIpc) is 3.11. The Kier molecular flexibility index (Phi) is 3.87. The van der Waals surface area contributed by atoms with E-state index in [1.54, 1.807) is 25.1 Å². The highest BCUT2D eigenvalue weighted by Gasteiger charge is 2.50. The number of benzene rings is 1. The lowest BCUT2D eigenvalue weighted by atomic mass is 9.91. The number of methoxy groups -OCH3 is 2. The van der Waals surface area contributed by atoms with Gasteiger partial charge in [-0.05, 0) is 25.5 Å². The molecular weight excluding hydrogens is 314 g/mol. The lowest BCUT2D eigenvalue weighted by molar-refractivity contribution is -0.136. The zero-order valence-electron chi connectivity index (χ0n) is 13.8. The van der Waals surface area contributed by atoms with Crippen molar-refractivity contribution in [1.82, 2.24) is 4.90 Å². The first-order valence-corrected chi connectivity index (χ1v) is 7.61. The van der Waals surface area contributed by atoms with Crippen LogP contribution in [0.5, 0.6) is 11.5 Å². The molecule has 2 heterocycles. The summed E-state index contributed by atoms with van der Waals surface area (Å²) in [7, 11) is 3.00. The minimum absolute atomic E-state index is 0.0770. The van der Waals surface area contributed by atoms with Crippen LogP contribution in [0.25, 0.3) is 0 Å². The third kappa shape index (κ3) is 2.36. The highest BCUT2D eigenvalue weighted by atomic mass is 16.5. The zero-order valence-corrected chi connectivity index (χ0v) is 13.8. The van der Waals surface area contributed by atoms with Crippen LogP contribution < -0.4 is 9.47 Å². The van der Waals surface area contributed by atoms with E-state index in [1.165, 1.54) is 19.1 Å². The van der Waals surface area contributed by atoms with Crippen molar-refractivity contribution in [2.45, 2.75) is 25.4 Å². The van der Waals surface area contributed by atoms with Crippen LogP contribution in [0.3, 0.4) is 0 Å². The van der Waals surface area contributed by atoms with Gasteiger partial charge < -0.3 is 19.3 Å². The summed E-state index contributed by atoms with van der Waals surface area (Å²) in [4.78, 5) is 25.9. The van der Waals surface area contributed by atoms with Gasteiger partial charge in [0.25, 0.3) is 5.78 Å². The SMILES string of the molecule is COc1cc(OC)cc(C2(C)OC(N3CCCC3=O)=C(O)C2=O)c1. The topological polar surface area (TPSA) is 85.3 Å². The van der Waals surface area contributed by atoms with E-state index < -0.39 is 17.1 Å². The number of amides is 1. The second-order valence-corrected chi connectivity index (χ2v) is 5.87. The van der Waals surface area contributed by atoms with Gasteiger partial charge in [-0.25, -0.2) is 0 Å². The molecule has 2 aliphatic heterocycles. The molecule has 7 heteroatoms. The Balaban J connectivity index is 2.01. The summed E-state index contributed by atoms with van der Waals surface area (Å²) >= 11 is 0. The Morgan fingerprint density at radius 1 is 1.17 bits per heavy atom. The van der Waals surface area contributed by atoms with Gasteiger partial charge in [-0.2, -0.15) is 0 Å². The number of carbonyl (C=O) groups is 2. The minimum atomic E-state index is -1.45.